The standard InChI is InChI=1S/C18H19F2N3O3S/c1-27(25,26)23-17-6-2-11(8-15(17)20)10-21-18(24)22-16-7-3-12-9-13(19)4-5-14(12)16/h2,4-6,8-9,16,23H,3,7,10H2,1H3,(H2,21,22,24)/t16-/m1/s1. The maximum absolute atomic E-state index is 13.9. The Hall–Kier alpha value is -2.68. The SMILES string of the molecule is CS(=O)(=O)Nc1ccc(CNC(=O)N[C@@H]2CCc3cc(F)ccc32)cc1F. The van der Waals surface area contributed by atoms with Gasteiger partial charge in [-0.2, -0.15) is 0 Å². The fraction of sp³-hybridized carbons (Fsp3) is 0.278. The molecular formula is C18H19F2N3O3S. The maximum Gasteiger partial charge on any atom is 0.315 e. The van der Waals surface area contributed by atoms with E-state index in [0.29, 0.717) is 18.4 Å². The third kappa shape index (κ3) is 4.94. The third-order valence-electron chi connectivity index (χ3n) is 4.27. The molecule has 3 N–H and O–H groups in total. The van der Waals surface area contributed by atoms with Gasteiger partial charge in [0.1, 0.15) is 11.6 Å². The minimum Gasteiger partial charge on any atom is -0.334 e. The molecule has 27 heavy (non-hydrogen) atoms. The third-order valence-corrected chi connectivity index (χ3v) is 4.86. The summed E-state index contributed by atoms with van der Waals surface area (Å²) in [5, 5.41) is 5.46. The van der Waals surface area contributed by atoms with E-state index in [9.17, 15) is 22.0 Å². The first-order valence-electron chi connectivity index (χ1n) is 8.30. The molecule has 0 aromatic heterocycles. The molecule has 2 aromatic carbocycles. The zero-order valence-electron chi connectivity index (χ0n) is 14.6. The van der Waals surface area contributed by atoms with Crippen molar-refractivity contribution in [3.8, 4) is 0 Å². The first-order chi connectivity index (χ1) is 12.7. The molecule has 2 amide bonds. The first-order valence-corrected chi connectivity index (χ1v) is 10.2. The number of carbonyl (C=O) groups excluding carboxylic acids is 1. The summed E-state index contributed by atoms with van der Waals surface area (Å²) in [6.07, 6.45) is 2.31. The van der Waals surface area contributed by atoms with Crippen LogP contribution < -0.4 is 15.4 Å². The van der Waals surface area contributed by atoms with Gasteiger partial charge in [0.05, 0.1) is 18.0 Å². The fourth-order valence-electron chi connectivity index (χ4n) is 3.08. The molecule has 1 aliphatic carbocycles. The van der Waals surface area contributed by atoms with E-state index in [1.165, 1.54) is 24.3 Å². The van der Waals surface area contributed by atoms with E-state index < -0.39 is 21.9 Å². The van der Waals surface area contributed by atoms with Crippen molar-refractivity contribution in [2.24, 2.45) is 0 Å². The molecule has 0 saturated heterocycles. The molecular weight excluding hydrogens is 376 g/mol. The number of halogens is 2. The number of hydrogen-bond acceptors (Lipinski definition) is 3. The fourth-order valence-corrected chi connectivity index (χ4v) is 3.64. The van der Waals surface area contributed by atoms with E-state index >= 15 is 0 Å². The Labute approximate surface area is 156 Å². The number of sulfonamides is 1. The van der Waals surface area contributed by atoms with Crippen LogP contribution in [0.25, 0.3) is 0 Å². The summed E-state index contributed by atoms with van der Waals surface area (Å²) in [7, 11) is -3.57. The number of rotatable bonds is 5. The summed E-state index contributed by atoms with van der Waals surface area (Å²) in [6.45, 7) is 0.0743. The molecule has 3 rings (SSSR count). The Balaban J connectivity index is 1.57. The molecule has 2 aromatic rings. The smallest absolute Gasteiger partial charge is 0.315 e. The summed E-state index contributed by atoms with van der Waals surface area (Å²) < 4.78 is 51.6. The van der Waals surface area contributed by atoms with Gasteiger partial charge in [-0.15, -0.1) is 0 Å². The number of carbonyl (C=O) groups is 1. The van der Waals surface area contributed by atoms with Crippen LogP contribution in [-0.2, 0) is 23.0 Å². The molecule has 0 bridgehead atoms. The van der Waals surface area contributed by atoms with Crippen LogP contribution >= 0.6 is 0 Å². The molecule has 0 unspecified atom stereocenters. The molecule has 0 spiro atoms. The Morgan fingerprint density at radius 3 is 2.67 bits per heavy atom. The van der Waals surface area contributed by atoms with Gasteiger partial charge in [-0.1, -0.05) is 12.1 Å². The highest BCUT2D eigenvalue weighted by Gasteiger charge is 2.24. The minimum absolute atomic E-state index is 0.0743. The van der Waals surface area contributed by atoms with Crippen molar-refractivity contribution in [3.05, 3.63) is 64.7 Å². The summed E-state index contributed by atoms with van der Waals surface area (Å²) in [5.41, 5.74) is 2.11. The molecule has 0 radical (unpaired) electrons. The van der Waals surface area contributed by atoms with Crippen molar-refractivity contribution in [1.29, 1.82) is 0 Å². The van der Waals surface area contributed by atoms with Crippen molar-refractivity contribution < 1.29 is 22.0 Å². The number of nitrogens with one attached hydrogen (secondary N) is 3. The van der Waals surface area contributed by atoms with Crippen molar-refractivity contribution in [2.75, 3.05) is 11.0 Å². The number of hydrogen-bond donors (Lipinski definition) is 3. The molecule has 0 saturated carbocycles. The highest BCUT2D eigenvalue weighted by atomic mass is 32.2. The van der Waals surface area contributed by atoms with Crippen molar-refractivity contribution >= 4 is 21.7 Å². The molecule has 144 valence electrons. The summed E-state index contributed by atoms with van der Waals surface area (Å²) >= 11 is 0. The largest absolute Gasteiger partial charge is 0.334 e. The average molecular weight is 395 g/mol. The van der Waals surface area contributed by atoms with E-state index in [4.69, 9.17) is 0 Å². The number of fused-ring (bicyclic) bond motifs is 1. The van der Waals surface area contributed by atoms with Gasteiger partial charge in [0.15, 0.2) is 0 Å². The number of benzene rings is 2. The molecule has 0 heterocycles. The topological polar surface area (TPSA) is 87.3 Å². The maximum atomic E-state index is 13.9. The van der Waals surface area contributed by atoms with Gasteiger partial charge in [0.25, 0.3) is 0 Å². The second kappa shape index (κ2) is 7.51. The number of urea groups is 1. The normalized spacial score (nSPS) is 15.9. The molecule has 1 atom stereocenters. The quantitative estimate of drug-likeness (QED) is 0.728. The van der Waals surface area contributed by atoms with Crippen LogP contribution in [0, 0.1) is 11.6 Å². The van der Waals surface area contributed by atoms with E-state index in [0.717, 1.165) is 23.4 Å². The predicted octanol–water partition coefficient (Wildman–Crippen LogP) is 2.82. The van der Waals surface area contributed by atoms with Gasteiger partial charge in [-0.05, 0) is 53.8 Å². The Morgan fingerprint density at radius 2 is 1.96 bits per heavy atom. The van der Waals surface area contributed by atoms with E-state index in [-0.39, 0.29) is 24.1 Å². The van der Waals surface area contributed by atoms with E-state index in [2.05, 4.69) is 15.4 Å². The summed E-state index contributed by atoms with van der Waals surface area (Å²) in [4.78, 5) is 12.1. The Morgan fingerprint density at radius 1 is 1.19 bits per heavy atom. The van der Waals surface area contributed by atoms with Crippen LogP contribution in [0.4, 0.5) is 19.3 Å². The van der Waals surface area contributed by atoms with E-state index in [1.54, 1.807) is 6.07 Å². The van der Waals surface area contributed by atoms with Gasteiger partial charge in [0.2, 0.25) is 10.0 Å². The van der Waals surface area contributed by atoms with Crippen molar-refractivity contribution in [1.82, 2.24) is 10.6 Å². The van der Waals surface area contributed by atoms with Crippen LogP contribution in [-0.4, -0.2) is 20.7 Å². The summed E-state index contributed by atoms with van der Waals surface area (Å²) in [5.74, 6) is -1.03. The van der Waals surface area contributed by atoms with Crippen LogP contribution in [0.1, 0.15) is 29.2 Å². The highest BCUT2D eigenvalue weighted by molar-refractivity contribution is 7.92. The Bertz CT molecular complexity index is 980. The highest BCUT2D eigenvalue weighted by Crippen LogP contribution is 2.31. The van der Waals surface area contributed by atoms with Crippen LogP contribution in [0.5, 0.6) is 0 Å². The van der Waals surface area contributed by atoms with Crippen molar-refractivity contribution in [3.63, 3.8) is 0 Å². The molecule has 0 fully saturated rings. The minimum atomic E-state index is -3.57. The predicted molar refractivity (Wildman–Crippen MR) is 97.7 cm³/mol. The lowest BCUT2D eigenvalue weighted by Gasteiger charge is -2.15. The van der Waals surface area contributed by atoms with Gasteiger partial charge in [0, 0.05) is 6.54 Å². The lowest BCUT2D eigenvalue weighted by Crippen LogP contribution is -2.36. The average Bonchev–Trinajstić information content (AvgIpc) is 2.96. The van der Waals surface area contributed by atoms with Gasteiger partial charge in [-0.3, -0.25) is 4.72 Å². The lowest BCUT2D eigenvalue weighted by molar-refractivity contribution is 0.236. The van der Waals surface area contributed by atoms with Gasteiger partial charge >= 0.3 is 6.03 Å². The van der Waals surface area contributed by atoms with Crippen molar-refractivity contribution in [2.45, 2.75) is 25.4 Å². The second-order valence-corrected chi connectivity index (χ2v) is 8.20. The Kier molecular flexibility index (Phi) is 5.31. The summed E-state index contributed by atoms with van der Waals surface area (Å²) in [6, 6.07) is 7.87. The van der Waals surface area contributed by atoms with Crippen LogP contribution in [0.15, 0.2) is 36.4 Å². The van der Waals surface area contributed by atoms with Crippen LogP contribution in [0.2, 0.25) is 0 Å². The lowest BCUT2D eigenvalue weighted by atomic mass is 10.1. The van der Waals surface area contributed by atoms with Crippen LogP contribution in [0.3, 0.4) is 0 Å². The van der Waals surface area contributed by atoms with Gasteiger partial charge in [-0.25, -0.2) is 22.0 Å². The monoisotopic (exact) mass is 395 g/mol. The molecule has 6 nitrogen and oxygen atoms in total. The number of aryl methyl sites for hydroxylation is 1. The molecule has 9 heteroatoms. The van der Waals surface area contributed by atoms with E-state index in [1.807, 2.05) is 0 Å². The second-order valence-electron chi connectivity index (χ2n) is 6.45. The molecule has 1 aliphatic rings. The molecule has 0 aliphatic heterocycles. The zero-order valence-corrected chi connectivity index (χ0v) is 15.4. The first kappa shape index (κ1) is 19.1. The number of amides is 2. The number of anilines is 1. The van der Waals surface area contributed by atoms with Gasteiger partial charge < -0.3 is 10.6 Å². The zero-order chi connectivity index (χ0) is 19.6.